The standard InChI is InChI=1S/C15H18N2O3/c1-3-10(9(2)18)15-16-14(17-20-15)12-8-19-13-7-5-4-6-11(12)13/h4-7,9-10,12,18H,3,8H2,1-2H3. The van der Waals surface area contributed by atoms with E-state index in [1.807, 2.05) is 31.2 Å². The molecule has 5 nitrogen and oxygen atoms in total. The molecule has 1 aliphatic rings. The lowest BCUT2D eigenvalue weighted by molar-refractivity contribution is 0.141. The van der Waals surface area contributed by atoms with Gasteiger partial charge in [0.15, 0.2) is 5.82 Å². The monoisotopic (exact) mass is 274 g/mol. The van der Waals surface area contributed by atoms with Crippen LogP contribution in [0.25, 0.3) is 0 Å². The number of benzene rings is 1. The van der Waals surface area contributed by atoms with Gasteiger partial charge in [0.25, 0.3) is 0 Å². The fourth-order valence-electron chi connectivity index (χ4n) is 2.64. The smallest absolute Gasteiger partial charge is 0.232 e. The zero-order chi connectivity index (χ0) is 14.1. The van der Waals surface area contributed by atoms with Crippen LogP contribution in [0.4, 0.5) is 0 Å². The predicted molar refractivity (Wildman–Crippen MR) is 72.8 cm³/mol. The SMILES string of the molecule is CCC(c1nc(C2COc3ccccc32)no1)C(C)O. The lowest BCUT2D eigenvalue weighted by atomic mass is 9.99. The van der Waals surface area contributed by atoms with Gasteiger partial charge in [-0.2, -0.15) is 4.98 Å². The van der Waals surface area contributed by atoms with Crippen LogP contribution in [0.2, 0.25) is 0 Å². The number of aliphatic hydroxyl groups is 1. The van der Waals surface area contributed by atoms with Crippen molar-refractivity contribution in [1.82, 2.24) is 10.1 Å². The van der Waals surface area contributed by atoms with Crippen LogP contribution in [-0.4, -0.2) is 28.0 Å². The number of hydrogen-bond donors (Lipinski definition) is 1. The van der Waals surface area contributed by atoms with Gasteiger partial charge in [-0.25, -0.2) is 0 Å². The average molecular weight is 274 g/mol. The Bertz CT molecular complexity index is 594. The van der Waals surface area contributed by atoms with Gasteiger partial charge in [0.2, 0.25) is 5.89 Å². The fraction of sp³-hybridized carbons (Fsp3) is 0.467. The minimum atomic E-state index is -0.500. The number of para-hydroxylation sites is 1. The van der Waals surface area contributed by atoms with Gasteiger partial charge in [-0.1, -0.05) is 30.3 Å². The summed E-state index contributed by atoms with van der Waals surface area (Å²) in [6.07, 6.45) is 0.261. The molecule has 3 atom stereocenters. The minimum absolute atomic E-state index is 0.00945. The van der Waals surface area contributed by atoms with Crippen molar-refractivity contribution in [1.29, 1.82) is 0 Å². The van der Waals surface area contributed by atoms with E-state index in [0.717, 1.165) is 17.7 Å². The second-order valence-electron chi connectivity index (χ2n) is 5.15. The maximum atomic E-state index is 9.75. The Kier molecular flexibility index (Phi) is 3.44. The molecule has 2 aromatic rings. The van der Waals surface area contributed by atoms with Gasteiger partial charge in [0.05, 0.1) is 17.9 Å². The van der Waals surface area contributed by atoms with Crippen molar-refractivity contribution in [2.24, 2.45) is 0 Å². The van der Waals surface area contributed by atoms with E-state index in [-0.39, 0.29) is 11.8 Å². The third-order valence-corrected chi connectivity index (χ3v) is 3.81. The summed E-state index contributed by atoms with van der Waals surface area (Å²) < 4.78 is 11.0. The van der Waals surface area contributed by atoms with Crippen molar-refractivity contribution < 1.29 is 14.4 Å². The van der Waals surface area contributed by atoms with Crippen molar-refractivity contribution in [3.8, 4) is 5.75 Å². The number of aromatic nitrogens is 2. The molecule has 1 aromatic carbocycles. The minimum Gasteiger partial charge on any atom is -0.492 e. The second-order valence-corrected chi connectivity index (χ2v) is 5.15. The molecular formula is C15H18N2O3. The van der Waals surface area contributed by atoms with E-state index < -0.39 is 6.10 Å². The summed E-state index contributed by atoms with van der Waals surface area (Å²) >= 11 is 0. The molecule has 0 spiro atoms. The van der Waals surface area contributed by atoms with Crippen LogP contribution >= 0.6 is 0 Å². The molecule has 1 N–H and O–H groups in total. The van der Waals surface area contributed by atoms with E-state index in [1.54, 1.807) is 6.92 Å². The van der Waals surface area contributed by atoms with E-state index in [2.05, 4.69) is 10.1 Å². The van der Waals surface area contributed by atoms with Gasteiger partial charge < -0.3 is 14.4 Å². The molecule has 3 rings (SSSR count). The molecule has 0 aliphatic carbocycles. The average Bonchev–Trinajstić information content (AvgIpc) is 3.05. The van der Waals surface area contributed by atoms with Crippen LogP contribution in [0.1, 0.15) is 49.4 Å². The molecule has 5 heteroatoms. The van der Waals surface area contributed by atoms with Crippen molar-refractivity contribution in [2.75, 3.05) is 6.61 Å². The van der Waals surface area contributed by atoms with Crippen molar-refractivity contribution in [3.63, 3.8) is 0 Å². The van der Waals surface area contributed by atoms with Crippen LogP contribution in [0.15, 0.2) is 28.8 Å². The van der Waals surface area contributed by atoms with Crippen LogP contribution in [0.3, 0.4) is 0 Å². The van der Waals surface area contributed by atoms with E-state index in [9.17, 15) is 5.11 Å². The normalized spacial score (nSPS) is 20.2. The largest absolute Gasteiger partial charge is 0.492 e. The Hall–Kier alpha value is -1.88. The molecule has 1 aliphatic heterocycles. The molecule has 0 saturated carbocycles. The maximum Gasteiger partial charge on any atom is 0.232 e. The first-order chi connectivity index (χ1) is 9.70. The quantitative estimate of drug-likeness (QED) is 0.927. The van der Waals surface area contributed by atoms with E-state index in [0.29, 0.717) is 18.3 Å². The van der Waals surface area contributed by atoms with Crippen molar-refractivity contribution in [2.45, 2.75) is 38.2 Å². The van der Waals surface area contributed by atoms with E-state index in [1.165, 1.54) is 0 Å². The molecular weight excluding hydrogens is 256 g/mol. The lowest BCUT2D eigenvalue weighted by Gasteiger charge is -2.12. The summed E-state index contributed by atoms with van der Waals surface area (Å²) in [4.78, 5) is 4.47. The van der Waals surface area contributed by atoms with Gasteiger partial charge in [0.1, 0.15) is 12.4 Å². The van der Waals surface area contributed by atoms with Crippen molar-refractivity contribution in [3.05, 3.63) is 41.5 Å². The molecule has 0 bridgehead atoms. The summed E-state index contributed by atoms with van der Waals surface area (Å²) in [5.74, 6) is 1.90. The highest BCUT2D eigenvalue weighted by Gasteiger charge is 2.31. The highest BCUT2D eigenvalue weighted by Crippen LogP contribution is 2.37. The molecule has 0 fully saturated rings. The van der Waals surface area contributed by atoms with Crippen molar-refractivity contribution >= 4 is 0 Å². The number of fused-ring (bicyclic) bond motifs is 1. The molecule has 106 valence electrons. The van der Waals surface area contributed by atoms with Gasteiger partial charge in [-0.15, -0.1) is 0 Å². The van der Waals surface area contributed by atoms with E-state index >= 15 is 0 Å². The molecule has 20 heavy (non-hydrogen) atoms. The number of ether oxygens (including phenoxy) is 1. The number of rotatable bonds is 4. The molecule has 0 saturated heterocycles. The Balaban J connectivity index is 1.88. The summed E-state index contributed by atoms with van der Waals surface area (Å²) in [5, 5.41) is 13.8. The third kappa shape index (κ3) is 2.18. The first kappa shape index (κ1) is 13.1. The van der Waals surface area contributed by atoms with E-state index in [4.69, 9.17) is 9.26 Å². The summed E-state index contributed by atoms with van der Waals surface area (Å²) in [7, 11) is 0. The highest BCUT2D eigenvalue weighted by molar-refractivity contribution is 5.42. The van der Waals surface area contributed by atoms with Crippen LogP contribution in [0.5, 0.6) is 5.75 Å². The highest BCUT2D eigenvalue weighted by atomic mass is 16.5. The zero-order valence-corrected chi connectivity index (χ0v) is 11.6. The number of hydrogen-bond acceptors (Lipinski definition) is 5. The summed E-state index contributed by atoms with van der Waals surface area (Å²) in [6.45, 7) is 4.27. The Labute approximate surface area is 117 Å². The Morgan fingerprint density at radius 3 is 2.95 bits per heavy atom. The predicted octanol–water partition coefficient (Wildman–Crippen LogP) is 2.47. The van der Waals surface area contributed by atoms with Gasteiger partial charge >= 0.3 is 0 Å². The first-order valence-corrected chi connectivity index (χ1v) is 6.94. The fourth-order valence-corrected chi connectivity index (χ4v) is 2.64. The third-order valence-electron chi connectivity index (χ3n) is 3.81. The number of nitrogens with zero attached hydrogens (tertiary/aromatic N) is 2. The second kappa shape index (κ2) is 5.25. The molecule has 0 radical (unpaired) electrons. The van der Waals surface area contributed by atoms with Gasteiger partial charge in [0, 0.05) is 5.56 Å². The molecule has 0 amide bonds. The zero-order valence-electron chi connectivity index (χ0n) is 11.6. The summed E-state index contributed by atoms with van der Waals surface area (Å²) in [5.41, 5.74) is 1.09. The van der Waals surface area contributed by atoms with Gasteiger partial charge in [-0.3, -0.25) is 0 Å². The Morgan fingerprint density at radius 1 is 1.40 bits per heavy atom. The van der Waals surface area contributed by atoms with Crippen LogP contribution in [-0.2, 0) is 0 Å². The lowest BCUT2D eigenvalue weighted by Crippen LogP contribution is -2.14. The maximum absolute atomic E-state index is 9.75. The first-order valence-electron chi connectivity index (χ1n) is 6.94. The Morgan fingerprint density at radius 2 is 2.20 bits per heavy atom. The van der Waals surface area contributed by atoms with Crippen LogP contribution in [0, 0.1) is 0 Å². The molecule has 3 unspecified atom stereocenters. The molecule has 2 heterocycles. The summed E-state index contributed by atoms with van der Waals surface area (Å²) in [6, 6.07) is 7.89. The van der Waals surface area contributed by atoms with Gasteiger partial charge in [-0.05, 0) is 19.4 Å². The number of aliphatic hydroxyl groups excluding tert-OH is 1. The topological polar surface area (TPSA) is 68.4 Å². The molecule has 1 aromatic heterocycles. The van der Waals surface area contributed by atoms with Crippen LogP contribution < -0.4 is 4.74 Å².